The molecule has 1 fully saturated rings. The highest BCUT2D eigenvalue weighted by Crippen LogP contribution is 2.07. The maximum Gasteiger partial charge on any atom is 0.0630 e. The molecular formula is C5H9NS. The van der Waals surface area contributed by atoms with Crippen LogP contribution in [0.4, 0.5) is 0 Å². The summed E-state index contributed by atoms with van der Waals surface area (Å²) in [7, 11) is 0. The molecule has 1 N–H and O–H groups in total. The molecule has 1 rings (SSSR count). The minimum absolute atomic E-state index is 0.963. The first-order valence-electron chi connectivity index (χ1n) is 2.55. The van der Waals surface area contributed by atoms with E-state index in [0.29, 0.717) is 0 Å². The van der Waals surface area contributed by atoms with Gasteiger partial charge in [0, 0.05) is 6.54 Å². The molecule has 1 aliphatic rings. The van der Waals surface area contributed by atoms with E-state index in [1.165, 1.54) is 18.7 Å². The van der Waals surface area contributed by atoms with E-state index >= 15 is 0 Å². The van der Waals surface area contributed by atoms with Crippen molar-refractivity contribution in [1.29, 1.82) is 0 Å². The first-order valence-corrected chi connectivity index (χ1v) is 3.54. The molecule has 0 bridgehead atoms. The summed E-state index contributed by atoms with van der Waals surface area (Å²) in [5.74, 6) is 4.40. The van der Waals surface area contributed by atoms with Crippen LogP contribution in [0.25, 0.3) is 0 Å². The SMILES string of the molecule is [C]1CNCCCS1. The molecule has 0 saturated carbocycles. The van der Waals surface area contributed by atoms with Gasteiger partial charge in [0.2, 0.25) is 0 Å². The van der Waals surface area contributed by atoms with Crippen LogP contribution in [0.1, 0.15) is 6.42 Å². The fraction of sp³-hybridized carbons (Fsp3) is 0.800. The Kier molecular flexibility index (Phi) is 2.59. The van der Waals surface area contributed by atoms with Crippen LogP contribution in [-0.2, 0) is 0 Å². The molecule has 0 amide bonds. The average Bonchev–Trinajstić information content (AvgIpc) is 1.90. The third-order valence-corrected chi connectivity index (χ3v) is 1.74. The van der Waals surface area contributed by atoms with Crippen LogP contribution in [0.2, 0.25) is 0 Å². The molecule has 1 aliphatic heterocycles. The lowest BCUT2D eigenvalue weighted by molar-refractivity contribution is 0.739. The van der Waals surface area contributed by atoms with Crippen LogP contribution in [0.15, 0.2) is 0 Å². The van der Waals surface area contributed by atoms with Crippen LogP contribution in [0.3, 0.4) is 0 Å². The number of hydrogen-bond acceptors (Lipinski definition) is 2. The predicted octanol–water partition coefficient (Wildman–Crippen LogP) is 0.752. The van der Waals surface area contributed by atoms with Crippen LogP contribution in [-0.4, -0.2) is 18.8 Å². The van der Waals surface area contributed by atoms with Gasteiger partial charge >= 0.3 is 0 Å². The third-order valence-electron chi connectivity index (χ3n) is 0.899. The largest absolute Gasteiger partial charge is 0.315 e. The topological polar surface area (TPSA) is 12.0 Å². The molecule has 2 radical (unpaired) electrons. The van der Waals surface area contributed by atoms with Gasteiger partial charge < -0.3 is 5.32 Å². The first-order chi connectivity index (χ1) is 3.50. The minimum Gasteiger partial charge on any atom is -0.315 e. The van der Waals surface area contributed by atoms with Crippen molar-refractivity contribution in [3.05, 3.63) is 5.75 Å². The molecular weight excluding hydrogens is 106 g/mol. The summed E-state index contributed by atoms with van der Waals surface area (Å²) in [6, 6.07) is 0. The Balaban J connectivity index is 2.04. The molecule has 2 heteroatoms. The quantitative estimate of drug-likeness (QED) is 0.500. The van der Waals surface area contributed by atoms with Crippen molar-refractivity contribution >= 4 is 11.8 Å². The van der Waals surface area contributed by atoms with Crippen LogP contribution < -0.4 is 5.32 Å². The number of thioether (sulfide) groups is 1. The highest BCUT2D eigenvalue weighted by Gasteiger charge is 1.95. The number of rotatable bonds is 0. The Labute approximate surface area is 48.9 Å². The van der Waals surface area contributed by atoms with E-state index in [9.17, 15) is 0 Å². The Hall–Kier alpha value is 0.310. The molecule has 40 valence electrons. The molecule has 0 spiro atoms. The molecule has 0 aromatic carbocycles. The van der Waals surface area contributed by atoms with Crippen molar-refractivity contribution in [2.75, 3.05) is 18.8 Å². The molecule has 0 aromatic heterocycles. The second-order valence-electron chi connectivity index (χ2n) is 1.52. The summed E-state index contributed by atoms with van der Waals surface area (Å²) in [6.45, 7) is 2.13. The standard InChI is InChI=1S/C5H9NS/c1-2-6-3-5-7-4-1/h6H,1-4H2. The molecule has 0 atom stereocenters. The van der Waals surface area contributed by atoms with Gasteiger partial charge in [-0.1, -0.05) is 0 Å². The second-order valence-corrected chi connectivity index (χ2v) is 2.51. The Morgan fingerprint density at radius 2 is 2.57 bits per heavy atom. The van der Waals surface area contributed by atoms with E-state index in [1.54, 1.807) is 11.8 Å². The van der Waals surface area contributed by atoms with E-state index < -0.39 is 0 Å². The zero-order valence-electron chi connectivity index (χ0n) is 4.24. The lowest BCUT2D eigenvalue weighted by atomic mass is 10.5. The van der Waals surface area contributed by atoms with Crippen molar-refractivity contribution < 1.29 is 0 Å². The summed E-state index contributed by atoms with van der Waals surface area (Å²) in [4.78, 5) is 0. The van der Waals surface area contributed by atoms with Gasteiger partial charge in [-0.3, -0.25) is 0 Å². The number of nitrogens with one attached hydrogen (secondary N) is 1. The minimum atomic E-state index is 0.963. The lowest BCUT2D eigenvalue weighted by Gasteiger charge is -1.90. The normalized spacial score (nSPS) is 24.0. The lowest BCUT2D eigenvalue weighted by Crippen LogP contribution is -2.13. The van der Waals surface area contributed by atoms with Gasteiger partial charge in [0.15, 0.2) is 0 Å². The van der Waals surface area contributed by atoms with Gasteiger partial charge in [-0.2, -0.15) is 11.8 Å². The van der Waals surface area contributed by atoms with Gasteiger partial charge in [-0.05, 0) is 18.7 Å². The Bertz CT molecular complexity index is 27.7. The van der Waals surface area contributed by atoms with Crippen molar-refractivity contribution in [1.82, 2.24) is 5.32 Å². The Morgan fingerprint density at radius 3 is 3.57 bits per heavy atom. The van der Waals surface area contributed by atoms with Gasteiger partial charge in [0.05, 0.1) is 5.75 Å². The summed E-state index contributed by atoms with van der Waals surface area (Å²) < 4.78 is 0. The molecule has 0 aromatic rings. The molecule has 1 nitrogen and oxygen atoms in total. The van der Waals surface area contributed by atoms with Crippen molar-refractivity contribution in [2.45, 2.75) is 6.42 Å². The zero-order chi connectivity index (χ0) is 4.95. The van der Waals surface area contributed by atoms with Gasteiger partial charge in [-0.15, -0.1) is 0 Å². The van der Waals surface area contributed by atoms with E-state index in [0.717, 1.165) is 6.54 Å². The molecule has 1 saturated heterocycles. The summed E-state index contributed by atoms with van der Waals surface area (Å²) in [5, 5.41) is 3.22. The van der Waals surface area contributed by atoms with E-state index in [-0.39, 0.29) is 0 Å². The summed E-state index contributed by atoms with van der Waals surface area (Å²) >= 11 is 1.80. The highest BCUT2D eigenvalue weighted by molar-refractivity contribution is 8.01. The summed E-state index contributed by atoms with van der Waals surface area (Å²) in [5.41, 5.74) is 0. The van der Waals surface area contributed by atoms with E-state index in [4.69, 9.17) is 0 Å². The average molecular weight is 115 g/mol. The Morgan fingerprint density at radius 1 is 1.57 bits per heavy atom. The molecule has 7 heavy (non-hydrogen) atoms. The van der Waals surface area contributed by atoms with Gasteiger partial charge in [0.25, 0.3) is 0 Å². The van der Waals surface area contributed by atoms with Crippen molar-refractivity contribution in [2.24, 2.45) is 0 Å². The molecule has 0 aliphatic carbocycles. The maximum atomic E-state index is 3.22. The van der Waals surface area contributed by atoms with Crippen LogP contribution in [0.5, 0.6) is 0 Å². The monoisotopic (exact) mass is 115 g/mol. The van der Waals surface area contributed by atoms with E-state index in [2.05, 4.69) is 11.1 Å². The fourth-order valence-electron chi connectivity index (χ4n) is 0.532. The summed E-state index contributed by atoms with van der Waals surface area (Å²) in [6.07, 6.45) is 1.29. The first kappa shape index (κ1) is 5.45. The van der Waals surface area contributed by atoms with Crippen LogP contribution in [0, 0.1) is 5.75 Å². The van der Waals surface area contributed by atoms with E-state index in [1.807, 2.05) is 0 Å². The van der Waals surface area contributed by atoms with Crippen LogP contribution >= 0.6 is 11.8 Å². The fourth-order valence-corrected chi connectivity index (χ4v) is 1.17. The van der Waals surface area contributed by atoms with Gasteiger partial charge in [-0.25, -0.2) is 0 Å². The maximum absolute atomic E-state index is 3.22. The predicted molar refractivity (Wildman–Crippen MR) is 33.2 cm³/mol. The molecule has 1 heterocycles. The third kappa shape index (κ3) is 2.19. The van der Waals surface area contributed by atoms with Crippen molar-refractivity contribution in [3.8, 4) is 0 Å². The number of hydrogen-bond donors (Lipinski definition) is 1. The van der Waals surface area contributed by atoms with Crippen molar-refractivity contribution in [3.63, 3.8) is 0 Å². The van der Waals surface area contributed by atoms with Gasteiger partial charge in [0.1, 0.15) is 0 Å². The highest BCUT2D eigenvalue weighted by atomic mass is 32.2. The zero-order valence-corrected chi connectivity index (χ0v) is 5.05. The smallest absolute Gasteiger partial charge is 0.0630 e. The molecule has 0 unspecified atom stereocenters. The second kappa shape index (κ2) is 3.33.